The van der Waals surface area contributed by atoms with Gasteiger partial charge >= 0.3 is 7.82 Å². The van der Waals surface area contributed by atoms with Gasteiger partial charge in [-0.05, 0) is 77.0 Å². The lowest BCUT2D eigenvalue weighted by molar-refractivity contribution is -0.123. The minimum absolute atomic E-state index is 0.0667. The number of aliphatic hydroxyl groups is 1. The van der Waals surface area contributed by atoms with E-state index < -0.39 is 20.0 Å². The summed E-state index contributed by atoms with van der Waals surface area (Å²) in [7, 11) is -4.35. The molecule has 3 atom stereocenters. The summed E-state index contributed by atoms with van der Waals surface area (Å²) in [4.78, 5) is 22.6. The van der Waals surface area contributed by atoms with Crippen LogP contribution in [0.5, 0.6) is 0 Å². The van der Waals surface area contributed by atoms with Crippen molar-refractivity contribution in [2.45, 2.75) is 161 Å². The molecule has 1 amide bonds. The van der Waals surface area contributed by atoms with Gasteiger partial charge in [0.2, 0.25) is 5.91 Å². The summed E-state index contributed by atoms with van der Waals surface area (Å²) >= 11 is 0. The number of carbonyl (C=O) groups is 1. The number of hydrogen-bond acceptors (Lipinski definition) is 6. The van der Waals surface area contributed by atoms with Crippen molar-refractivity contribution in [3.05, 3.63) is 60.8 Å². The highest BCUT2D eigenvalue weighted by Gasteiger charge is 2.26. The maximum absolute atomic E-state index is 12.7. The van der Waals surface area contributed by atoms with Crippen LogP contribution in [-0.4, -0.2) is 47.8 Å². The standard InChI is InChI=1S/C39H71N2O6P/c1-3-5-7-9-11-13-15-17-19-21-23-25-27-29-31-33-39(43)41-37(36-47-48(44,45)46-35-34-40)38(42)32-30-28-26-24-22-20-18-16-14-12-10-8-6-4-2/h11,13-14,16-17,19,22,24,30,32,37-38,42H,3-10,12,15,18,20-21,23,25-29,31,33-36,40H2,1-2H3,(H,41,43)(H,44,45)/b13-11-,16-14+,19-17-,24-22+,32-30+. The lowest BCUT2D eigenvalue weighted by Crippen LogP contribution is -2.45. The molecular formula is C39H71N2O6P. The Labute approximate surface area is 294 Å². The number of phosphoric ester groups is 1. The van der Waals surface area contributed by atoms with Gasteiger partial charge in [-0.25, -0.2) is 4.57 Å². The number of carbonyl (C=O) groups excluding carboxylic acids is 1. The van der Waals surface area contributed by atoms with E-state index in [2.05, 4.69) is 67.8 Å². The second kappa shape index (κ2) is 35.0. The molecule has 3 unspecified atom stereocenters. The van der Waals surface area contributed by atoms with Crippen LogP contribution in [0.3, 0.4) is 0 Å². The molecule has 8 nitrogen and oxygen atoms in total. The van der Waals surface area contributed by atoms with Gasteiger partial charge in [-0.3, -0.25) is 13.8 Å². The van der Waals surface area contributed by atoms with Gasteiger partial charge in [-0.15, -0.1) is 0 Å². The highest BCUT2D eigenvalue weighted by Crippen LogP contribution is 2.43. The molecule has 0 aliphatic heterocycles. The SMILES string of the molecule is CCCCC/C=C\C/C=C\CCCCCCCC(=O)NC(COP(=O)(O)OCCN)C(O)/C=C/CC/C=C/CC/C=C/CCCCCC. The summed E-state index contributed by atoms with van der Waals surface area (Å²) in [5, 5.41) is 13.6. The van der Waals surface area contributed by atoms with Crippen molar-refractivity contribution in [1.29, 1.82) is 0 Å². The molecule has 278 valence electrons. The minimum atomic E-state index is -4.35. The zero-order valence-electron chi connectivity index (χ0n) is 30.5. The van der Waals surface area contributed by atoms with Gasteiger partial charge < -0.3 is 21.1 Å². The first-order valence-electron chi connectivity index (χ1n) is 18.9. The number of allylic oxidation sites excluding steroid dienone is 9. The normalized spacial score (nSPS) is 15.0. The van der Waals surface area contributed by atoms with Crippen molar-refractivity contribution in [2.75, 3.05) is 19.8 Å². The summed E-state index contributed by atoms with van der Waals surface area (Å²) in [5.74, 6) is -0.227. The van der Waals surface area contributed by atoms with Crippen LogP contribution in [0.1, 0.15) is 149 Å². The number of nitrogens with two attached hydrogens (primary N) is 1. The van der Waals surface area contributed by atoms with E-state index in [9.17, 15) is 19.4 Å². The Bertz CT molecular complexity index is 933. The quantitative estimate of drug-likeness (QED) is 0.0300. The molecule has 0 aromatic rings. The van der Waals surface area contributed by atoms with Crippen molar-refractivity contribution >= 4 is 13.7 Å². The van der Waals surface area contributed by atoms with Crippen LogP contribution < -0.4 is 11.1 Å². The fourth-order valence-electron chi connectivity index (χ4n) is 4.90. The van der Waals surface area contributed by atoms with Crippen molar-refractivity contribution in [3.63, 3.8) is 0 Å². The number of unbranched alkanes of at least 4 members (excludes halogenated alkanes) is 14. The molecule has 0 saturated carbocycles. The molecule has 0 radical (unpaired) electrons. The number of hydrogen-bond donors (Lipinski definition) is 4. The maximum Gasteiger partial charge on any atom is 0.472 e. The van der Waals surface area contributed by atoms with Crippen LogP contribution in [-0.2, 0) is 18.4 Å². The summed E-state index contributed by atoms with van der Waals surface area (Å²) in [6.07, 6.45) is 42.6. The monoisotopic (exact) mass is 695 g/mol. The zero-order chi connectivity index (χ0) is 35.4. The molecule has 48 heavy (non-hydrogen) atoms. The minimum Gasteiger partial charge on any atom is -0.387 e. The summed E-state index contributed by atoms with van der Waals surface area (Å²) in [6, 6.07) is -0.891. The fourth-order valence-corrected chi connectivity index (χ4v) is 5.66. The van der Waals surface area contributed by atoms with Gasteiger partial charge in [-0.2, -0.15) is 0 Å². The molecule has 0 aliphatic carbocycles. The van der Waals surface area contributed by atoms with Crippen LogP contribution in [0, 0.1) is 0 Å². The third-order valence-corrected chi connectivity index (χ3v) is 8.78. The molecule has 0 bridgehead atoms. The molecule has 5 N–H and O–H groups in total. The third-order valence-electron chi connectivity index (χ3n) is 7.79. The number of amides is 1. The first-order valence-corrected chi connectivity index (χ1v) is 20.4. The average Bonchev–Trinajstić information content (AvgIpc) is 3.07. The first kappa shape index (κ1) is 46.2. The second-order valence-electron chi connectivity index (χ2n) is 12.4. The van der Waals surface area contributed by atoms with E-state index >= 15 is 0 Å². The average molecular weight is 695 g/mol. The van der Waals surface area contributed by atoms with Gasteiger partial charge in [0.05, 0.1) is 25.4 Å². The Morgan fingerprint density at radius 3 is 1.77 bits per heavy atom. The Hall–Kier alpha value is -1.80. The lowest BCUT2D eigenvalue weighted by atomic mass is 10.1. The van der Waals surface area contributed by atoms with Gasteiger partial charge in [0.25, 0.3) is 0 Å². The van der Waals surface area contributed by atoms with E-state index in [1.165, 1.54) is 51.4 Å². The van der Waals surface area contributed by atoms with E-state index in [1.54, 1.807) is 6.08 Å². The zero-order valence-corrected chi connectivity index (χ0v) is 31.3. The number of nitrogens with one attached hydrogen (secondary N) is 1. The molecule has 0 heterocycles. The van der Waals surface area contributed by atoms with Crippen molar-refractivity contribution in [1.82, 2.24) is 5.32 Å². The van der Waals surface area contributed by atoms with E-state index in [0.29, 0.717) is 6.42 Å². The van der Waals surface area contributed by atoms with Crippen LogP contribution >= 0.6 is 7.82 Å². The summed E-state index contributed by atoms with van der Waals surface area (Å²) < 4.78 is 22.0. The smallest absolute Gasteiger partial charge is 0.387 e. The van der Waals surface area contributed by atoms with Gasteiger partial charge in [-0.1, -0.05) is 126 Å². The second-order valence-corrected chi connectivity index (χ2v) is 13.9. The predicted molar refractivity (Wildman–Crippen MR) is 203 cm³/mol. The highest BCUT2D eigenvalue weighted by molar-refractivity contribution is 7.47. The van der Waals surface area contributed by atoms with Crippen LogP contribution in [0.4, 0.5) is 0 Å². The Morgan fingerprint density at radius 2 is 1.17 bits per heavy atom. The molecule has 0 aromatic heterocycles. The lowest BCUT2D eigenvalue weighted by Gasteiger charge is -2.23. The number of rotatable bonds is 34. The van der Waals surface area contributed by atoms with Gasteiger partial charge in [0.15, 0.2) is 0 Å². The molecule has 0 aromatic carbocycles. The van der Waals surface area contributed by atoms with E-state index in [-0.39, 0.29) is 25.7 Å². The number of phosphoric acid groups is 1. The topological polar surface area (TPSA) is 131 Å². The predicted octanol–water partition coefficient (Wildman–Crippen LogP) is 9.94. The third kappa shape index (κ3) is 32.7. The van der Waals surface area contributed by atoms with E-state index in [0.717, 1.165) is 77.0 Å². The van der Waals surface area contributed by atoms with Crippen molar-refractivity contribution < 1.29 is 28.4 Å². The van der Waals surface area contributed by atoms with Gasteiger partial charge in [0, 0.05) is 13.0 Å². The molecule has 0 spiro atoms. The molecule has 9 heteroatoms. The summed E-state index contributed by atoms with van der Waals surface area (Å²) in [5.41, 5.74) is 5.35. The largest absolute Gasteiger partial charge is 0.472 e. The Balaban J connectivity index is 4.44. The van der Waals surface area contributed by atoms with Crippen molar-refractivity contribution in [3.8, 4) is 0 Å². The summed E-state index contributed by atoms with van der Waals surface area (Å²) in [6.45, 7) is 4.01. The Morgan fingerprint density at radius 1 is 0.688 bits per heavy atom. The van der Waals surface area contributed by atoms with Crippen LogP contribution in [0.25, 0.3) is 0 Å². The Kier molecular flexibility index (Phi) is 33.7. The van der Waals surface area contributed by atoms with Crippen LogP contribution in [0.15, 0.2) is 60.8 Å². The molecule has 0 saturated heterocycles. The molecule has 0 aliphatic rings. The highest BCUT2D eigenvalue weighted by atomic mass is 31.2. The first-order chi connectivity index (χ1) is 23.4. The molecular weight excluding hydrogens is 623 g/mol. The fraction of sp³-hybridized carbons (Fsp3) is 0.718. The molecule has 0 rings (SSSR count). The van der Waals surface area contributed by atoms with Crippen LogP contribution in [0.2, 0.25) is 0 Å². The van der Waals surface area contributed by atoms with E-state index in [1.807, 2.05) is 6.08 Å². The maximum atomic E-state index is 12.7. The van der Waals surface area contributed by atoms with E-state index in [4.69, 9.17) is 14.8 Å². The van der Waals surface area contributed by atoms with Crippen molar-refractivity contribution in [2.24, 2.45) is 5.73 Å². The number of aliphatic hydroxyl groups excluding tert-OH is 1. The molecule has 0 fully saturated rings. The van der Waals surface area contributed by atoms with Gasteiger partial charge in [0.1, 0.15) is 0 Å².